The van der Waals surface area contributed by atoms with Crippen LogP contribution < -0.4 is 15.4 Å². The Morgan fingerprint density at radius 1 is 1.26 bits per heavy atom. The average molecular weight is 398 g/mol. The van der Waals surface area contributed by atoms with Gasteiger partial charge in [-0.05, 0) is 31.9 Å². The Hall–Kier alpha value is -1.83. The van der Waals surface area contributed by atoms with Crippen molar-refractivity contribution in [3.8, 4) is 5.75 Å². The summed E-state index contributed by atoms with van der Waals surface area (Å²) in [4.78, 5) is 27.1. The number of carbonyl (C=O) groups is 2. The number of ether oxygens (including phenoxy) is 2. The highest BCUT2D eigenvalue weighted by atomic mass is 35.5. The van der Waals surface area contributed by atoms with E-state index in [-0.39, 0.29) is 42.3 Å². The number of hydrogen-bond acceptors (Lipinski definition) is 5. The molecule has 2 aliphatic heterocycles. The van der Waals surface area contributed by atoms with Crippen LogP contribution >= 0.6 is 12.4 Å². The lowest BCUT2D eigenvalue weighted by Gasteiger charge is -2.37. The molecule has 2 aliphatic rings. The van der Waals surface area contributed by atoms with Crippen LogP contribution in [0.2, 0.25) is 0 Å². The molecule has 27 heavy (non-hydrogen) atoms. The van der Waals surface area contributed by atoms with E-state index < -0.39 is 0 Å². The maximum atomic E-state index is 12.7. The summed E-state index contributed by atoms with van der Waals surface area (Å²) in [5.74, 6) is 0.595. The third-order valence-corrected chi connectivity index (χ3v) is 5.12. The fraction of sp³-hybridized carbons (Fsp3) is 0.579. The molecule has 2 saturated heterocycles. The van der Waals surface area contributed by atoms with Crippen molar-refractivity contribution in [2.75, 3.05) is 38.7 Å². The third-order valence-electron chi connectivity index (χ3n) is 5.12. The second kappa shape index (κ2) is 9.92. The second-order valence-electron chi connectivity index (χ2n) is 6.80. The lowest BCUT2D eigenvalue weighted by atomic mass is 9.95. The Balaban J connectivity index is 0.00000261. The largest absolute Gasteiger partial charge is 0.495 e. The summed E-state index contributed by atoms with van der Waals surface area (Å²) in [5.41, 5.74) is 0.677. The van der Waals surface area contributed by atoms with E-state index in [1.807, 2.05) is 36.1 Å². The number of benzene rings is 1. The quantitative estimate of drug-likeness (QED) is 0.807. The summed E-state index contributed by atoms with van der Waals surface area (Å²) in [6.45, 7) is 4.43. The highest BCUT2D eigenvalue weighted by molar-refractivity contribution is 5.94. The molecule has 3 rings (SSSR count). The first-order valence-corrected chi connectivity index (χ1v) is 9.18. The molecule has 2 amide bonds. The first-order valence-electron chi connectivity index (χ1n) is 9.18. The highest BCUT2D eigenvalue weighted by Gasteiger charge is 2.34. The molecule has 2 heterocycles. The van der Waals surface area contributed by atoms with Crippen LogP contribution in [0.3, 0.4) is 0 Å². The van der Waals surface area contributed by atoms with Gasteiger partial charge in [-0.1, -0.05) is 12.1 Å². The van der Waals surface area contributed by atoms with Crippen molar-refractivity contribution in [3.05, 3.63) is 24.3 Å². The molecule has 0 bridgehead atoms. The van der Waals surface area contributed by atoms with Crippen LogP contribution in [-0.2, 0) is 14.3 Å². The van der Waals surface area contributed by atoms with Crippen molar-refractivity contribution in [3.63, 3.8) is 0 Å². The van der Waals surface area contributed by atoms with Crippen molar-refractivity contribution in [2.24, 2.45) is 5.92 Å². The molecule has 0 unspecified atom stereocenters. The number of anilines is 1. The minimum absolute atomic E-state index is 0. The number of methoxy groups -OCH3 is 1. The SMILES string of the molecule is COc1ccccc1NC(=O)C1CCN(C(=O)[C@H]2NCCO[C@@H]2C)CC1.Cl. The van der Waals surface area contributed by atoms with Crippen molar-refractivity contribution in [1.29, 1.82) is 0 Å². The van der Waals surface area contributed by atoms with Crippen LogP contribution in [0.1, 0.15) is 19.8 Å². The molecule has 8 heteroatoms. The lowest BCUT2D eigenvalue weighted by Crippen LogP contribution is -2.57. The number of rotatable bonds is 4. The Bertz CT molecular complexity index is 650. The molecule has 150 valence electrons. The maximum absolute atomic E-state index is 12.7. The van der Waals surface area contributed by atoms with Gasteiger partial charge in [0.15, 0.2) is 0 Å². The minimum Gasteiger partial charge on any atom is -0.495 e. The number of nitrogens with zero attached hydrogens (tertiary/aromatic N) is 1. The van der Waals surface area contributed by atoms with Gasteiger partial charge in [0.05, 0.1) is 25.5 Å². The van der Waals surface area contributed by atoms with Crippen LogP contribution in [0.4, 0.5) is 5.69 Å². The van der Waals surface area contributed by atoms with E-state index in [2.05, 4.69) is 10.6 Å². The fourth-order valence-electron chi connectivity index (χ4n) is 3.55. The normalized spacial score (nSPS) is 23.3. The number of carbonyl (C=O) groups excluding carboxylic acids is 2. The van der Waals surface area contributed by atoms with Crippen LogP contribution in [0.5, 0.6) is 5.75 Å². The van der Waals surface area contributed by atoms with E-state index >= 15 is 0 Å². The van der Waals surface area contributed by atoms with Gasteiger partial charge in [-0.3, -0.25) is 9.59 Å². The first kappa shape index (κ1) is 21.5. The predicted octanol–water partition coefficient (Wildman–Crippen LogP) is 1.67. The number of likely N-dealkylation sites (tertiary alicyclic amines) is 1. The van der Waals surface area contributed by atoms with Gasteiger partial charge in [0.1, 0.15) is 11.8 Å². The van der Waals surface area contributed by atoms with Gasteiger partial charge in [-0.15, -0.1) is 12.4 Å². The van der Waals surface area contributed by atoms with E-state index in [0.29, 0.717) is 50.5 Å². The molecule has 7 nitrogen and oxygen atoms in total. The Labute approximate surface area is 166 Å². The van der Waals surface area contributed by atoms with E-state index in [1.165, 1.54) is 0 Å². The zero-order valence-corrected chi connectivity index (χ0v) is 16.6. The van der Waals surface area contributed by atoms with Gasteiger partial charge in [0.25, 0.3) is 0 Å². The molecular formula is C19H28ClN3O4. The van der Waals surface area contributed by atoms with E-state index in [1.54, 1.807) is 7.11 Å². The van der Waals surface area contributed by atoms with Gasteiger partial charge in [-0.2, -0.15) is 0 Å². The number of para-hydroxylation sites is 2. The summed E-state index contributed by atoms with van der Waals surface area (Å²) in [5, 5.41) is 6.18. The van der Waals surface area contributed by atoms with Crippen molar-refractivity contribution < 1.29 is 19.1 Å². The molecule has 2 N–H and O–H groups in total. The van der Waals surface area contributed by atoms with Gasteiger partial charge >= 0.3 is 0 Å². The summed E-state index contributed by atoms with van der Waals surface area (Å²) in [6, 6.07) is 7.08. The standard InChI is InChI=1S/C19H27N3O4.ClH/c1-13-17(20-9-12-26-13)19(24)22-10-7-14(8-11-22)18(23)21-15-5-3-4-6-16(15)25-2;/h3-6,13-14,17,20H,7-12H2,1-2H3,(H,21,23);1H/t13-,17+;/m1./s1. The summed E-state index contributed by atoms with van der Waals surface area (Å²) < 4.78 is 10.8. The van der Waals surface area contributed by atoms with Crippen LogP contribution in [0.25, 0.3) is 0 Å². The molecule has 1 aromatic carbocycles. The third kappa shape index (κ3) is 5.12. The van der Waals surface area contributed by atoms with Crippen LogP contribution in [-0.4, -0.2) is 62.2 Å². The molecule has 0 radical (unpaired) electrons. The zero-order valence-electron chi connectivity index (χ0n) is 15.8. The summed E-state index contributed by atoms with van der Waals surface area (Å²) in [6.07, 6.45) is 1.20. The lowest BCUT2D eigenvalue weighted by molar-refractivity contribution is -0.142. The molecule has 0 aromatic heterocycles. The maximum Gasteiger partial charge on any atom is 0.242 e. The van der Waals surface area contributed by atoms with Gasteiger partial charge in [-0.25, -0.2) is 0 Å². The van der Waals surface area contributed by atoms with E-state index in [0.717, 1.165) is 0 Å². The predicted molar refractivity (Wildman–Crippen MR) is 105 cm³/mol. The number of halogens is 1. The van der Waals surface area contributed by atoms with E-state index in [4.69, 9.17) is 9.47 Å². The Kier molecular flexibility index (Phi) is 7.89. The molecule has 0 saturated carbocycles. The fourth-order valence-corrected chi connectivity index (χ4v) is 3.55. The Morgan fingerprint density at radius 2 is 1.96 bits per heavy atom. The monoisotopic (exact) mass is 397 g/mol. The van der Waals surface area contributed by atoms with Crippen LogP contribution in [0, 0.1) is 5.92 Å². The van der Waals surface area contributed by atoms with Gasteiger partial charge in [0.2, 0.25) is 11.8 Å². The average Bonchev–Trinajstić information content (AvgIpc) is 2.68. The number of hydrogen-bond donors (Lipinski definition) is 2. The van der Waals surface area contributed by atoms with Gasteiger partial charge < -0.3 is 25.0 Å². The molecule has 0 aliphatic carbocycles. The first-order chi connectivity index (χ1) is 12.6. The highest BCUT2D eigenvalue weighted by Crippen LogP contribution is 2.26. The topological polar surface area (TPSA) is 79.9 Å². The number of morpholine rings is 1. The number of piperidine rings is 1. The minimum atomic E-state index is -0.289. The Morgan fingerprint density at radius 3 is 2.63 bits per heavy atom. The van der Waals surface area contributed by atoms with Crippen LogP contribution in [0.15, 0.2) is 24.3 Å². The molecule has 1 aromatic rings. The zero-order chi connectivity index (χ0) is 18.5. The molecular weight excluding hydrogens is 370 g/mol. The summed E-state index contributed by atoms with van der Waals surface area (Å²) >= 11 is 0. The number of amides is 2. The molecule has 2 atom stereocenters. The second-order valence-corrected chi connectivity index (χ2v) is 6.80. The molecule has 0 spiro atoms. The summed E-state index contributed by atoms with van der Waals surface area (Å²) in [7, 11) is 1.58. The van der Waals surface area contributed by atoms with Crippen molar-refractivity contribution in [1.82, 2.24) is 10.2 Å². The number of nitrogens with one attached hydrogen (secondary N) is 2. The van der Waals surface area contributed by atoms with Crippen molar-refractivity contribution >= 4 is 29.9 Å². The smallest absolute Gasteiger partial charge is 0.242 e. The van der Waals surface area contributed by atoms with E-state index in [9.17, 15) is 9.59 Å². The van der Waals surface area contributed by atoms with Crippen molar-refractivity contribution in [2.45, 2.75) is 31.9 Å². The molecule has 2 fully saturated rings. The van der Waals surface area contributed by atoms with Gasteiger partial charge in [0, 0.05) is 25.6 Å².